The summed E-state index contributed by atoms with van der Waals surface area (Å²) in [5.74, 6) is -0.821. The van der Waals surface area contributed by atoms with Crippen LogP contribution in [0.25, 0.3) is 0 Å². The van der Waals surface area contributed by atoms with E-state index in [0.717, 1.165) is 25.9 Å². The van der Waals surface area contributed by atoms with Crippen LogP contribution >= 0.6 is 23.2 Å². The van der Waals surface area contributed by atoms with E-state index in [1.807, 2.05) is 0 Å². The Morgan fingerprint density at radius 1 is 1.07 bits per heavy atom. The fraction of sp³-hybridized carbons (Fsp3) is 0.312. The summed E-state index contributed by atoms with van der Waals surface area (Å²) in [6, 6.07) is 4.89. The molecule has 0 unspecified atom stereocenters. The van der Waals surface area contributed by atoms with Gasteiger partial charge in [-0.25, -0.2) is 0 Å². The number of benzene rings is 1. The van der Waals surface area contributed by atoms with Crippen LogP contribution in [-0.2, 0) is 0 Å². The molecule has 1 saturated heterocycles. The van der Waals surface area contributed by atoms with Crippen LogP contribution in [0.1, 0.15) is 33.7 Å². The summed E-state index contributed by atoms with van der Waals surface area (Å²) in [7, 11) is 0. The summed E-state index contributed by atoms with van der Waals surface area (Å²) in [6.07, 6.45) is 3.09. The van der Waals surface area contributed by atoms with E-state index < -0.39 is 5.91 Å². The average Bonchev–Trinajstić information content (AvgIpc) is 3.04. The minimum Gasteiger partial charge on any atom is -0.348 e. The van der Waals surface area contributed by atoms with E-state index in [9.17, 15) is 9.59 Å². The van der Waals surface area contributed by atoms with E-state index in [-0.39, 0.29) is 98.1 Å². The van der Waals surface area contributed by atoms with Gasteiger partial charge in [-0.2, -0.15) is 5.10 Å². The van der Waals surface area contributed by atoms with E-state index in [1.54, 1.807) is 18.2 Å². The van der Waals surface area contributed by atoms with Crippen LogP contribution in [-0.4, -0.2) is 100 Å². The van der Waals surface area contributed by atoms with Crippen molar-refractivity contribution in [3.63, 3.8) is 0 Å². The molecule has 0 saturated carbocycles. The number of hydrogen-bond acceptors (Lipinski definition) is 4. The number of H-pyrrole nitrogens is 1. The number of carbonyl (C=O) groups is 2. The molecule has 1 aromatic heterocycles. The van der Waals surface area contributed by atoms with Gasteiger partial charge in [0.2, 0.25) is 0 Å². The maximum absolute atomic E-state index is 12.5. The number of anilines is 1. The van der Waals surface area contributed by atoms with Crippen molar-refractivity contribution in [1.82, 2.24) is 20.8 Å². The van der Waals surface area contributed by atoms with Gasteiger partial charge in [-0.05, 0) is 38.1 Å². The zero-order valence-corrected chi connectivity index (χ0v) is 20.7. The summed E-state index contributed by atoms with van der Waals surface area (Å²) >= 11 is 12.1. The number of aromatic nitrogens is 2. The third kappa shape index (κ3) is 6.45. The van der Waals surface area contributed by atoms with Crippen molar-refractivity contribution in [3.8, 4) is 0 Å². The van der Waals surface area contributed by atoms with Crippen LogP contribution in [0.5, 0.6) is 0 Å². The predicted molar refractivity (Wildman–Crippen MR) is 108 cm³/mol. The number of piperidine rings is 1. The molecule has 1 aromatic carbocycles. The SMILES string of the molecule is O=C(NC1CCNCC1)c1[nH]ncc1NC(=O)c1c(Cl)cccc1Cl.[Na].[Na]. The van der Waals surface area contributed by atoms with Gasteiger partial charge in [-0.15, -0.1) is 0 Å². The van der Waals surface area contributed by atoms with Crippen molar-refractivity contribution in [2.24, 2.45) is 0 Å². The Morgan fingerprint density at radius 2 is 1.70 bits per heavy atom. The molecule has 3 rings (SSSR count). The van der Waals surface area contributed by atoms with Crippen molar-refractivity contribution in [1.29, 1.82) is 0 Å². The summed E-state index contributed by atoms with van der Waals surface area (Å²) in [5, 5.41) is 15.7. The second kappa shape index (κ2) is 11.8. The molecule has 7 nitrogen and oxygen atoms in total. The maximum Gasteiger partial charge on any atom is 0.271 e. The van der Waals surface area contributed by atoms with Crippen molar-refractivity contribution in [3.05, 3.63) is 45.7 Å². The molecule has 4 N–H and O–H groups in total. The first-order valence-electron chi connectivity index (χ1n) is 7.86. The van der Waals surface area contributed by atoms with E-state index in [4.69, 9.17) is 23.2 Å². The molecule has 0 aliphatic carbocycles. The Labute approximate surface area is 211 Å². The number of nitrogens with zero attached hydrogens (tertiary/aromatic N) is 1. The van der Waals surface area contributed by atoms with Gasteiger partial charge in [0.05, 0.1) is 27.5 Å². The van der Waals surface area contributed by atoms with Gasteiger partial charge in [-0.1, -0.05) is 29.3 Å². The quantitative estimate of drug-likeness (QED) is 0.558. The summed E-state index contributed by atoms with van der Waals surface area (Å²) in [6.45, 7) is 1.73. The smallest absolute Gasteiger partial charge is 0.271 e. The van der Waals surface area contributed by atoms with Crippen molar-refractivity contribution < 1.29 is 9.59 Å². The largest absolute Gasteiger partial charge is 0.348 e. The van der Waals surface area contributed by atoms with Crippen molar-refractivity contribution >= 4 is 99.8 Å². The van der Waals surface area contributed by atoms with Crippen LogP contribution in [0.2, 0.25) is 10.0 Å². The van der Waals surface area contributed by atoms with E-state index >= 15 is 0 Å². The molecular formula is C16H17Cl2N5Na2O2. The third-order valence-electron chi connectivity index (χ3n) is 3.98. The normalized spacial score (nSPS) is 13.9. The van der Waals surface area contributed by atoms with Crippen molar-refractivity contribution in [2.45, 2.75) is 18.9 Å². The molecule has 1 aliphatic heterocycles. The molecular weight excluding hydrogens is 411 g/mol. The summed E-state index contributed by atoms with van der Waals surface area (Å²) in [4.78, 5) is 24.9. The number of nitrogens with one attached hydrogen (secondary N) is 4. The third-order valence-corrected chi connectivity index (χ3v) is 4.61. The number of amides is 2. The second-order valence-corrected chi connectivity index (χ2v) is 6.52. The van der Waals surface area contributed by atoms with Crippen molar-refractivity contribution in [2.75, 3.05) is 18.4 Å². The van der Waals surface area contributed by atoms with E-state index in [2.05, 4.69) is 26.1 Å². The fourth-order valence-electron chi connectivity index (χ4n) is 2.68. The maximum atomic E-state index is 12.5. The van der Waals surface area contributed by atoms with E-state index in [0.29, 0.717) is 0 Å². The molecule has 1 fully saturated rings. The first-order valence-corrected chi connectivity index (χ1v) is 8.62. The van der Waals surface area contributed by atoms with Crippen LogP contribution in [0.3, 0.4) is 0 Å². The molecule has 27 heavy (non-hydrogen) atoms. The van der Waals surface area contributed by atoms with Crippen LogP contribution in [0.4, 0.5) is 5.69 Å². The number of aromatic amines is 1. The summed E-state index contributed by atoms with van der Waals surface area (Å²) in [5.41, 5.74) is 0.610. The number of carbonyl (C=O) groups excluding carboxylic acids is 2. The Hall–Kier alpha value is -0.0900. The van der Waals surface area contributed by atoms with Gasteiger partial charge in [0.1, 0.15) is 5.69 Å². The van der Waals surface area contributed by atoms with Crippen LogP contribution in [0, 0.1) is 0 Å². The minimum absolute atomic E-state index is 0. The van der Waals surface area contributed by atoms with Gasteiger partial charge in [0.25, 0.3) is 11.8 Å². The summed E-state index contributed by atoms with van der Waals surface area (Å²) < 4.78 is 0. The molecule has 2 radical (unpaired) electrons. The Bertz CT molecular complexity index is 777. The number of hydrogen-bond donors (Lipinski definition) is 4. The van der Waals surface area contributed by atoms with Gasteiger partial charge in [0, 0.05) is 65.2 Å². The fourth-order valence-corrected chi connectivity index (χ4v) is 3.25. The molecule has 0 spiro atoms. The number of rotatable bonds is 4. The first kappa shape index (κ1) is 24.9. The molecule has 2 aromatic rings. The molecule has 2 heterocycles. The molecule has 134 valence electrons. The molecule has 2 amide bonds. The molecule has 1 aliphatic rings. The zero-order valence-electron chi connectivity index (χ0n) is 15.2. The van der Waals surface area contributed by atoms with Gasteiger partial charge < -0.3 is 16.0 Å². The Balaban J connectivity index is 0.00000182. The predicted octanol–water partition coefficient (Wildman–Crippen LogP) is 1.69. The first-order chi connectivity index (χ1) is 12.1. The molecule has 0 bridgehead atoms. The van der Waals surface area contributed by atoms with Crippen LogP contribution in [0.15, 0.2) is 24.4 Å². The zero-order chi connectivity index (χ0) is 17.8. The number of halogens is 2. The average molecular weight is 428 g/mol. The second-order valence-electron chi connectivity index (χ2n) is 5.71. The Kier molecular flexibility index (Phi) is 10.9. The standard InChI is InChI=1S/C16H17Cl2N5O2.2Na/c17-10-2-1-3-11(18)13(10)15(24)22-12-8-20-23-14(12)16(25)21-9-4-6-19-7-5-9;;/h1-3,8-9,19H,4-7H2,(H,20,23)(H,21,25)(H,22,24);;. The van der Waals surface area contributed by atoms with Crippen LogP contribution < -0.4 is 16.0 Å². The minimum atomic E-state index is -0.507. The van der Waals surface area contributed by atoms with Gasteiger partial charge in [-0.3, -0.25) is 14.7 Å². The van der Waals surface area contributed by atoms with Gasteiger partial charge in [0.15, 0.2) is 0 Å². The molecule has 11 heteroatoms. The monoisotopic (exact) mass is 427 g/mol. The molecule has 0 atom stereocenters. The topological polar surface area (TPSA) is 98.9 Å². The Morgan fingerprint density at radius 3 is 2.33 bits per heavy atom. The van der Waals surface area contributed by atoms with E-state index in [1.165, 1.54) is 6.20 Å². The van der Waals surface area contributed by atoms with Gasteiger partial charge >= 0.3 is 0 Å².